The van der Waals surface area contributed by atoms with Gasteiger partial charge >= 0.3 is 0 Å². The summed E-state index contributed by atoms with van der Waals surface area (Å²) in [4.78, 5) is 30.6. The molecular weight excluding hydrogens is 556 g/mol. The van der Waals surface area contributed by atoms with Gasteiger partial charge in [0.05, 0.1) is 11.0 Å². The van der Waals surface area contributed by atoms with Crippen molar-refractivity contribution in [3.63, 3.8) is 0 Å². The summed E-state index contributed by atoms with van der Waals surface area (Å²) in [6.45, 7) is 3.78. The highest BCUT2D eigenvalue weighted by atomic mass is 32.1. The monoisotopic (exact) mass is 594 g/mol. The number of nitrogens with one attached hydrogen (secondary N) is 2. The second kappa shape index (κ2) is 14.2. The van der Waals surface area contributed by atoms with E-state index in [1.54, 1.807) is 6.07 Å². The maximum Gasteiger partial charge on any atom is 0.265 e. The molecule has 222 valence electrons. The molecule has 0 spiro atoms. The number of carbonyl (C=O) groups excluding carboxylic acids is 2. The Labute approximate surface area is 257 Å². The average molecular weight is 595 g/mol. The highest BCUT2D eigenvalue weighted by Gasteiger charge is 2.18. The third kappa shape index (κ3) is 7.71. The van der Waals surface area contributed by atoms with Gasteiger partial charge in [0, 0.05) is 54.1 Å². The third-order valence-electron chi connectivity index (χ3n) is 7.62. The van der Waals surface area contributed by atoms with Crippen LogP contribution in [0.25, 0.3) is 6.08 Å². The fraction of sp³-hybridized carbons (Fsp3) is 0.257. The molecule has 4 aromatic rings. The molecule has 7 nitrogen and oxygen atoms in total. The smallest absolute Gasteiger partial charge is 0.265 e. The summed E-state index contributed by atoms with van der Waals surface area (Å²) < 4.78 is 0. The number of amides is 2. The van der Waals surface area contributed by atoms with Crippen LogP contribution >= 0.6 is 11.3 Å². The summed E-state index contributed by atoms with van der Waals surface area (Å²) in [5, 5.41) is 17.7. The van der Waals surface area contributed by atoms with Gasteiger partial charge in [0.1, 0.15) is 0 Å². The van der Waals surface area contributed by atoms with E-state index in [1.807, 2.05) is 85.2 Å². The highest BCUT2D eigenvalue weighted by molar-refractivity contribution is 7.12. The largest absolute Gasteiger partial charge is 0.393 e. The molecule has 0 unspecified atom stereocenters. The normalized spacial score (nSPS) is 13.7. The molecule has 3 N–H and O–H groups in total. The van der Waals surface area contributed by atoms with Gasteiger partial charge in [-0.25, -0.2) is 0 Å². The van der Waals surface area contributed by atoms with Crippen LogP contribution in [0.3, 0.4) is 0 Å². The van der Waals surface area contributed by atoms with E-state index in [4.69, 9.17) is 0 Å². The summed E-state index contributed by atoms with van der Waals surface area (Å²) in [6.07, 6.45) is 7.57. The number of thiophene rings is 1. The number of rotatable bonds is 10. The van der Waals surface area contributed by atoms with Gasteiger partial charge in [0.25, 0.3) is 11.8 Å². The molecule has 0 aliphatic carbocycles. The number of hydrogen-bond acceptors (Lipinski definition) is 6. The molecule has 1 aliphatic rings. The molecule has 0 saturated carbocycles. The van der Waals surface area contributed by atoms with E-state index in [1.165, 1.54) is 11.3 Å². The summed E-state index contributed by atoms with van der Waals surface area (Å²) >= 11 is 1.41. The Morgan fingerprint density at radius 2 is 1.65 bits per heavy atom. The zero-order chi connectivity index (χ0) is 30.2. The van der Waals surface area contributed by atoms with Crippen molar-refractivity contribution in [2.24, 2.45) is 0 Å². The van der Waals surface area contributed by atoms with Gasteiger partial charge in [-0.3, -0.25) is 9.59 Å². The molecule has 1 saturated heterocycles. The first-order chi connectivity index (χ1) is 20.9. The van der Waals surface area contributed by atoms with Crippen LogP contribution in [0.2, 0.25) is 0 Å². The molecule has 8 heteroatoms. The van der Waals surface area contributed by atoms with E-state index >= 15 is 0 Å². The average Bonchev–Trinajstić information content (AvgIpc) is 3.58. The Bertz CT molecular complexity index is 1540. The first-order valence-corrected chi connectivity index (χ1v) is 15.6. The van der Waals surface area contributed by atoms with E-state index in [2.05, 4.69) is 39.5 Å². The fourth-order valence-electron chi connectivity index (χ4n) is 5.11. The molecule has 5 rings (SSSR count). The first kappa shape index (κ1) is 30.1. The number of nitrogens with zero attached hydrogens (tertiary/aromatic N) is 2. The molecule has 1 fully saturated rings. The Kier molecular flexibility index (Phi) is 9.92. The number of anilines is 5. The predicted octanol–water partition coefficient (Wildman–Crippen LogP) is 7.80. The number of allylic oxidation sites excluding steroid dienone is 1. The van der Waals surface area contributed by atoms with Crippen LogP contribution in [0.5, 0.6) is 0 Å². The van der Waals surface area contributed by atoms with E-state index in [9.17, 15) is 14.7 Å². The van der Waals surface area contributed by atoms with Gasteiger partial charge < -0.3 is 25.5 Å². The maximum atomic E-state index is 13.1. The second-order valence-electron chi connectivity index (χ2n) is 10.7. The van der Waals surface area contributed by atoms with Crippen molar-refractivity contribution in [2.75, 3.05) is 40.6 Å². The minimum atomic E-state index is -0.217. The number of unbranched alkanes of at least 4 members (excludes halogenated alkanes) is 1. The Morgan fingerprint density at radius 1 is 0.953 bits per heavy atom. The lowest BCUT2D eigenvalue weighted by molar-refractivity contribution is 0.102. The van der Waals surface area contributed by atoms with Gasteiger partial charge in [0.2, 0.25) is 0 Å². The molecule has 0 radical (unpaired) electrons. The Morgan fingerprint density at radius 3 is 2.33 bits per heavy atom. The zero-order valence-corrected chi connectivity index (χ0v) is 25.4. The fourth-order valence-corrected chi connectivity index (χ4v) is 5.73. The van der Waals surface area contributed by atoms with Crippen LogP contribution < -0.4 is 20.4 Å². The summed E-state index contributed by atoms with van der Waals surface area (Å²) in [5.74, 6) is -0.277. The summed E-state index contributed by atoms with van der Waals surface area (Å²) in [5.41, 5.74) is 6.08. The second-order valence-corrected chi connectivity index (χ2v) is 11.7. The zero-order valence-electron chi connectivity index (χ0n) is 24.6. The summed E-state index contributed by atoms with van der Waals surface area (Å²) in [7, 11) is 2.01. The Balaban J connectivity index is 1.29. The van der Waals surface area contributed by atoms with E-state index in [-0.39, 0.29) is 17.9 Å². The maximum absolute atomic E-state index is 13.1. The minimum absolute atomic E-state index is 0.115. The van der Waals surface area contributed by atoms with Gasteiger partial charge in [-0.05, 0) is 103 Å². The van der Waals surface area contributed by atoms with E-state index in [0.717, 1.165) is 72.8 Å². The number of hydrogen-bond donors (Lipinski definition) is 3. The van der Waals surface area contributed by atoms with Crippen LogP contribution in [0.4, 0.5) is 28.4 Å². The van der Waals surface area contributed by atoms with Crippen molar-refractivity contribution < 1.29 is 14.7 Å². The predicted molar refractivity (Wildman–Crippen MR) is 179 cm³/mol. The van der Waals surface area contributed by atoms with Crippen molar-refractivity contribution in [1.29, 1.82) is 0 Å². The molecule has 0 bridgehead atoms. The lowest BCUT2D eigenvalue weighted by Crippen LogP contribution is -2.35. The minimum Gasteiger partial charge on any atom is -0.393 e. The summed E-state index contributed by atoms with van der Waals surface area (Å²) in [6, 6.07) is 25.0. The van der Waals surface area contributed by atoms with E-state index in [0.29, 0.717) is 10.4 Å². The number of carbonyl (C=O) groups is 2. The van der Waals surface area contributed by atoms with Gasteiger partial charge in [-0.1, -0.05) is 31.6 Å². The SMILES string of the molecule is CCC/C=C/c1cc(NC(=O)c2ccc(N3CCC(O)CC3)cc2)ccc1N(C)c1ccc(NC(=O)c2cccs2)cc1. The van der Waals surface area contributed by atoms with Crippen molar-refractivity contribution in [3.05, 3.63) is 106 Å². The van der Waals surface area contributed by atoms with E-state index < -0.39 is 0 Å². The quantitative estimate of drug-likeness (QED) is 0.175. The lowest BCUT2D eigenvalue weighted by atomic mass is 10.1. The molecule has 3 aromatic carbocycles. The van der Waals surface area contributed by atoms with Crippen molar-refractivity contribution >= 4 is 57.7 Å². The van der Waals surface area contributed by atoms with Crippen LogP contribution in [0.1, 0.15) is 58.2 Å². The topological polar surface area (TPSA) is 84.9 Å². The standard InChI is InChI=1S/C35H38N4O3S/c1-3-4-5-7-26-24-28(37-34(41)25-9-14-30(15-10-25)39-21-19-31(40)20-22-39)13-18-32(26)38(2)29-16-11-27(12-17-29)36-35(42)33-8-6-23-43-33/h5-18,23-24,31,40H,3-4,19-22H2,1-2H3,(H,36,42)(H,37,41)/b7-5+. The number of piperidine rings is 1. The van der Waals surface area contributed by atoms with Crippen LogP contribution in [-0.4, -0.2) is 43.2 Å². The number of aliphatic hydroxyl groups excluding tert-OH is 1. The van der Waals surface area contributed by atoms with Crippen molar-refractivity contribution in [2.45, 2.75) is 38.7 Å². The number of benzene rings is 3. The molecule has 0 atom stereocenters. The molecule has 2 amide bonds. The third-order valence-corrected chi connectivity index (χ3v) is 8.48. The molecule has 2 heterocycles. The molecule has 1 aliphatic heterocycles. The Hall–Kier alpha value is -4.40. The number of aliphatic hydroxyl groups is 1. The molecule has 43 heavy (non-hydrogen) atoms. The van der Waals surface area contributed by atoms with Gasteiger partial charge in [-0.2, -0.15) is 0 Å². The highest BCUT2D eigenvalue weighted by Crippen LogP contribution is 2.32. The van der Waals surface area contributed by atoms with Gasteiger partial charge in [0.15, 0.2) is 0 Å². The van der Waals surface area contributed by atoms with Crippen molar-refractivity contribution in [1.82, 2.24) is 0 Å². The van der Waals surface area contributed by atoms with Crippen molar-refractivity contribution in [3.8, 4) is 0 Å². The van der Waals surface area contributed by atoms with Gasteiger partial charge in [-0.15, -0.1) is 11.3 Å². The van der Waals surface area contributed by atoms with Crippen LogP contribution in [0, 0.1) is 0 Å². The van der Waals surface area contributed by atoms with Crippen LogP contribution in [0.15, 0.2) is 90.3 Å². The lowest BCUT2D eigenvalue weighted by Gasteiger charge is -2.31. The molecule has 1 aromatic heterocycles. The first-order valence-electron chi connectivity index (χ1n) is 14.7. The molecular formula is C35H38N4O3S. The van der Waals surface area contributed by atoms with Crippen LogP contribution in [-0.2, 0) is 0 Å².